The number of carbonyl (C=O) groups excluding carboxylic acids is 2. The molecule has 0 saturated heterocycles. The lowest BCUT2D eigenvalue weighted by molar-refractivity contribution is -0.124. The molecule has 0 aliphatic heterocycles. The highest BCUT2D eigenvalue weighted by Gasteiger charge is 2.22. The van der Waals surface area contributed by atoms with Gasteiger partial charge in [-0.05, 0) is 24.6 Å². The van der Waals surface area contributed by atoms with Gasteiger partial charge in [0.2, 0.25) is 0 Å². The minimum atomic E-state index is -0.541. The number of methoxy groups -OCH3 is 1. The number of amides is 1. The van der Waals surface area contributed by atoms with Gasteiger partial charge in [0, 0.05) is 31.2 Å². The lowest BCUT2D eigenvalue weighted by Gasteiger charge is -2.09. The van der Waals surface area contributed by atoms with Gasteiger partial charge in [0.05, 0.1) is 12.7 Å². The number of Topliss-reactive ketones (excluding diaryl/α,β-unsaturated/α-hetero) is 1. The Hall–Kier alpha value is -2.30. The largest absolute Gasteiger partial charge is 0.496 e. The number of benzene rings is 1. The molecule has 5 heteroatoms. The van der Waals surface area contributed by atoms with E-state index in [1.54, 1.807) is 33.5 Å². The molecule has 0 radical (unpaired) electrons. The van der Waals surface area contributed by atoms with Crippen LogP contribution in [0.25, 0.3) is 10.9 Å². The highest BCUT2D eigenvalue weighted by molar-refractivity contribution is 6.44. The number of aromatic amines is 1. The Morgan fingerprint density at radius 2 is 1.95 bits per heavy atom. The first-order valence-corrected chi connectivity index (χ1v) is 5.87. The molecule has 1 aromatic heterocycles. The third kappa shape index (κ3) is 2.19. The molecule has 1 heterocycles. The zero-order valence-corrected chi connectivity index (χ0v) is 11.4. The van der Waals surface area contributed by atoms with Crippen LogP contribution in [0, 0.1) is 6.92 Å². The van der Waals surface area contributed by atoms with Gasteiger partial charge in [0.15, 0.2) is 0 Å². The molecule has 1 amide bonds. The summed E-state index contributed by atoms with van der Waals surface area (Å²) in [5.74, 6) is -0.374. The van der Waals surface area contributed by atoms with Crippen LogP contribution in [0.4, 0.5) is 0 Å². The number of hydrogen-bond acceptors (Lipinski definition) is 3. The summed E-state index contributed by atoms with van der Waals surface area (Å²) in [6.45, 7) is 1.92. The molecule has 0 bridgehead atoms. The van der Waals surface area contributed by atoms with Gasteiger partial charge in [-0.15, -0.1) is 0 Å². The SMILES string of the molecule is COc1cc2c(C(=O)C(=O)N(C)C)c[nH]c2cc1C. The molecule has 2 aromatic rings. The van der Waals surface area contributed by atoms with Crippen LogP contribution in [-0.4, -0.2) is 42.8 Å². The van der Waals surface area contributed by atoms with E-state index in [4.69, 9.17) is 4.74 Å². The summed E-state index contributed by atoms with van der Waals surface area (Å²) in [6.07, 6.45) is 1.56. The Kier molecular flexibility index (Phi) is 3.29. The van der Waals surface area contributed by atoms with Gasteiger partial charge in [-0.3, -0.25) is 9.59 Å². The second-order valence-electron chi connectivity index (χ2n) is 4.60. The quantitative estimate of drug-likeness (QED) is 0.675. The monoisotopic (exact) mass is 260 g/mol. The van der Waals surface area contributed by atoms with Gasteiger partial charge in [0.25, 0.3) is 11.7 Å². The lowest BCUT2D eigenvalue weighted by atomic mass is 10.1. The van der Waals surface area contributed by atoms with Crippen LogP contribution in [0.1, 0.15) is 15.9 Å². The van der Waals surface area contributed by atoms with E-state index >= 15 is 0 Å². The summed E-state index contributed by atoms with van der Waals surface area (Å²) in [6, 6.07) is 3.67. The number of hydrogen-bond donors (Lipinski definition) is 1. The number of carbonyl (C=O) groups is 2. The van der Waals surface area contributed by atoms with E-state index in [1.807, 2.05) is 13.0 Å². The first-order chi connectivity index (χ1) is 8.95. The van der Waals surface area contributed by atoms with Crippen LogP contribution in [0.15, 0.2) is 18.3 Å². The second-order valence-corrected chi connectivity index (χ2v) is 4.60. The molecule has 0 aliphatic rings. The number of fused-ring (bicyclic) bond motifs is 1. The molecule has 19 heavy (non-hydrogen) atoms. The summed E-state index contributed by atoms with van der Waals surface area (Å²) in [7, 11) is 4.69. The van der Waals surface area contributed by atoms with Crippen molar-refractivity contribution in [2.24, 2.45) is 0 Å². The zero-order valence-electron chi connectivity index (χ0n) is 11.4. The highest BCUT2D eigenvalue weighted by atomic mass is 16.5. The minimum Gasteiger partial charge on any atom is -0.496 e. The number of aryl methyl sites for hydroxylation is 1. The zero-order chi connectivity index (χ0) is 14.2. The predicted octanol–water partition coefficient (Wildman–Crippen LogP) is 1.76. The van der Waals surface area contributed by atoms with Gasteiger partial charge >= 0.3 is 0 Å². The van der Waals surface area contributed by atoms with E-state index in [1.165, 1.54) is 4.90 Å². The Morgan fingerprint density at radius 1 is 1.26 bits per heavy atom. The van der Waals surface area contributed by atoms with Gasteiger partial charge in [-0.1, -0.05) is 0 Å². The van der Waals surface area contributed by atoms with Crippen molar-refractivity contribution >= 4 is 22.6 Å². The van der Waals surface area contributed by atoms with E-state index in [-0.39, 0.29) is 0 Å². The highest BCUT2D eigenvalue weighted by Crippen LogP contribution is 2.27. The van der Waals surface area contributed by atoms with Gasteiger partial charge in [0.1, 0.15) is 5.75 Å². The maximum Gasteiger partial charge on any atom is 0.294 e. The molecular formula is C14H16N2O3. The van der Waals surface area contributed by atoms with Gasteiger partial charge < -0.3 is 14.6 Å². The molecule has 0 spiro atoms. The summed E-state index contributed by atoms with van der Waals surface area (Å²) in [5.41, 5.74) is 2.15. The smallest absolute Gasteiger partial charge is 0.294 e. The number of ketones is 1. The molecule has 100 valence electrons. The van der Waals surface area contributed by atoms with E-state index in [2.05, 4.69) is 4.98 Å². The maximum atomic E-state index is 12.1. The summed E-state index contributed by atoms with van der Waals surface area (Å²) in [5, 5.41) is 0.697. The van der Waals surface area contributed by atoms with E-state index in [9.17, 15) is 9.59 Å². The Bertz CT molecular complexity index is 656. The Morgan fingerprint density at radius 3 is 2.53 bits per heavy atom. The fraction of sp³-hybridized carbons (Fsp3) is 0.286. The van der Waals surface area contributed by atoms with Crippen molar-refractivity contribution in [1.29, 1.82) is 0 Å². The van der Waals surface area contributed by atoms with Crippen molar-refractivity contribution in [1.82, 2.24) is 9.88 Å². The second kappa shape index (κ2) is 4.76. The van der Waals surface area contributed by atoms with Crippen molar-refractivity contribution in [3.8, 4) is 5.75 Å². The van der Waals surface area contributed by atoms with Crippen molar-refractivity contribution in [2.75, 3.05) is 21.2 Å². The molecular weight excluding hydrogens is 244 g/mol. The van der Waals surface area contributed by atoms with Crippen LogP contribution >= 0.6 is 0 Å². The summed E-state index contributed by atoms with van der Waals surface area (Å²) in [4.78, 5) is 28.1. The third-order valence-electron chi connectivity index (χ3n) is 3.04. The molecule has 0 atom stereocenters. The number of H-pyrrole nitrogens is 1. The molecule has 0 saturated carbocycles. The number of likely N-dealkylation sites (N-methyl/N-ethyl adjacent to an activating group) is 1. The van der Waals surface area contributed by atoms with Crippen molar-refractivity contribution < 1.29 is 14.3 Å². The topological polar surface area (TPSA) is 62.4 Å². The fourth-order valence-electron chi connectivity index (χ4n) is 1.98. The van der Waals surface area contributed by atoms with E-state index in [0.717, 1.165) is 11.1 Å². The normalized spacial score (nSPS) is 10.5. The number of aromatic nitrogens is 1. The maximum absolute atomic E-state index is 12.1. The first-order valence-electron chi connectivity index (χ1n) is 5.87. The summed E-state index contributed by atoms with van der Waals surface area (Å²) >= 11 is 0. The molecule has 0 unspecified atom stereocenters. The Balaban J connectivity index is 2.56. The van der Waals surface area contributed by atoms with Crippen LogP contribution in [-0.2, 0) is 4.79 Å². The van der Waals surface area contributed by atoms with Crippen molar-refractivity contribution in [3.63, 3.8) is 0 Å². The average molecular weight is 260 g/mol. The molecule has 1 N–H and O–H groups in total. The average Bonchev–Trinajstić information content (AvgIpc) is 2.78. The first kappa shape index (κ1) is 13.1. The number of ether oxygens (including phenoxy) is 1. The van der Waals surface area contributed by atoms with Crippen LogP contribution in [0.2, 0.25) is 0 Å². The van der Waals surface area contributed by atoms with Gasteiger partial charge in [-0.25, -0.2) is 0 Å². The fourth-order valence-corrected chi connectivity index (χ4v) is 1.98. The third-order valence-corrected chi connectivity index (χ3v) is 3.04. The minimum absolute atomic E-state index is 0.368. The van der Waals surface area contributed by atoms with Gasteiger partial charge in [-0.2, -0.15) is 0 Å². The number of nitrogens with one attached hydrogen (secondary N) is 1. The molecule has 0 fully saturated rings. The Labute approximate surface area is 111 Å². The van der Waals surface area contributed by atoms with Crippen molar-refractivity contribution in [2.45, 2.75) is 6.92 Å². The molecule has 1 aromatic carbocycles. The molecule has 2 rings (SSSR count). The predicted molar refractivity (Wildman–Crippen MR) is 72.6 cm³/mol. The summed E-state index contributed by atoms with van der Waals surface area (Å²) < 4.78 is 5.24. The molecule has 5 nitrogen and oxygen atoms in total. The van der Waals surface area contributed by atoms with Crippen LogP contribution in [0.5, 0.6) is 5.75 Å². The number of nitrogens with zero attached hydrogens (tertiary/aromatic N) is 1. The lowest BCUT2D eigenvalue weighted by Crippen LogP contribution is -2.29. The molecule has 0 aliphatic carbocycles. The number of rotatable bonds is 3. The standard InChI is InChI=1S/C14H16N2O3/c1-8-5-11-9(6-12(8)19-4)10(7-15-11)13(17)14(18)16(2)3/h5-7,15H,1-4H3. The van der Waals surface area contributed by atoms with Crippen LogP contribution in [0.3, 0.4) is 0 Å². The van der Waals surface area contributed by atoms with E-state index < -0.39 is 11.7 Å². The van der Waals surface area contributed by atoms with Crippen LogP contribution < -0.4 is 4.74 Å². The van der Waals surface area contributed by atoms with Crippen molar-refractivity contribution in [3.05, 3.63) is 29.5 Å². The van der Waals surface area contributed by atoms with E-state index in [0.29, 0.717) is 16.7 Å².